The summed E-state index contributed by atoms with van der Waals surface area (Å²) in [5, 5.41) is 0.484. The predicted octanol–water partition coefficient (Wildman–Crippen LogP) is 3.49. The summed E-state index contributed by atoms with van der Waals surface area (Å²) in [4.78, 5) is 41.0. The van der Waals surface area contributed by atoms with Crippen LogP contribution >= 0.6 is 11.6 Å². The third kappa shape index (κ3) is 5.06. The van der Waals surface area contributed by atoms with E-state index in [9.17, 15) is 27.6 Å². The number of fused-ring (bicyclic) bond motifs is 1. The zero-order valence-corrected chi connectivity index (χ0v) is 18.7. The van der Waals surface area contributed by atoms with Gasteiger partial charge in [-0.2, -0.15) is 4.98 Å². The average Bonchev–Trinajstić information content (AvgIpc) is 3.14. The molecule has 0 saturated heterocycles. The molecule has 0 atom stereocenters. The van der Waals surface area contributed by atoms with Crippen LogP contribution in [0.25, 0.3) is 11.2 Å². The van der Waals surface area contributed by atoms with Gasteiger partial charge in [0.05, 0.1) is 13.1 Å². The molecule has 0 fully saturated rings. The topological polar surface area (TPSA) is 97.4 Å². The van der Waals surface area contributed by atoms with E-state index in [4.69, 9.17) is 16.3 Å². The zero-order chi connectivity index (χ0) is 25.3. The van der Waals surface area contributed by atoms with Gasteiger partial charge in [-0.05, 0) is 29.8 Å². The van der Waals surface area contributed by atoms with Gasteiger partial charge in [-0.3, -0.25) is 18.5 Å². The first-order chi connectivity index (χ1) is 16.6. The largest absolute Gasteiger partial charge is 0.573 e. The van der Waals surface area contributed by atoms with Crippen molar-refractivity contribution in [3.63, 3.8) is 0 Å². The van der Waals surface area contributed by atoms with Gasteiger partial charge in [-0.15, -0.1) is 13.2 Å². The zero-order valence-electron chi connectivity index (χ0n) is 18.0. The monoisotopic (exact) mass is 508 g/mol. The molecule has 0 aliphatic rings. The standard InChI is InChI=1S/C22H16ClF3N4O5/c1-28-18-17(19(32)29(9-10-31)21(28)33)30(12-13-5-7-14(23)8-6-13)20(27-18)34-15-3-2-4-16(11-15)35-22(24,25)26/h2-8,10-11H,9,12H2,1H3. The Labute approximate surface area is 199 Å². The molecule has 0 N–H and O–H groups in total. The number of nitrogens with zero attached hydrogens (tertiary/aromatic N) is 4. The van der Waals surface area contributed by atoms with Crippen molar-refractivity contribution in [2.75, 3.05) is 0 Å². The van der Waals surface area contributed by atoms with Crippen molar-refractivity contribution in [3.05, 3.63) is 80.0 Å². The first-order valence-electron chi connectivity index (χ1n) is 9.99. The van der Waals surface area contributed by atoms with E-state index in [1.807, 2.05) is 0 Å². The highest BCUT2D eigenvalue weighted by Gasteiger charge is 2.31. The molecule has 9 nitrogen and oxygen atoms in total. The molecule has 0 bridgehead atoms. The van der Waals surface area contributed by atoms with Gasteiger partial charge < -0.3 is 14.3 Å². The number of carbonyl (C=O) groups excluding carboxylic acids is 1. The van der Waals surface area contributed by atoms with Crippen LogP contribution in [0.5, 0.6) is 17.5 Å². The first kappa shape index (κ1) is 24.1. The molecule has 0 saturated carbocycles. The van der Waals surface area contributed by atoms with Crippen LogP contribution in [0, 0.1) is 0 Å². The van der Waals surface area contributed by atoms with E-state index in [0.29, 0.717) is 16.9 Å². The molecule has 35 heavy (non-hydrogen) atoms. The number of aryl methyl sites for hydroxylation is 1. The number of alkyl halides is 3. The van der Waals surface area contributed by atoms with Crippen molar-refractivity contribution in [1.29, 1.82) is 0 Å². The fourth-order valence-corrected chi connectivity index (χ4v) is 3.55. The first-order valence-corrected chi connectivity index (χ1v) is 10.4. The number of hydrogen-bond acceptors (Lipinski definition) is 6. The molecule has 2 aromatic heterocycles. The molecule has 4 aromatic rings. The third-order valence-corrected chi connectivity index (χ3v) is 5.21. The number of carbonyl (C=O) groups is 1. The van der Waals surface area contributed by atoms with E-state index in [0.717, 1.165) is 21.3 Å². The maximum Gasteiger partial charge on any atom is 0.573 e. The predicted molar refractivity (Wildman–Crippen MR) is 119 cm³/mol. The number of hydrogen-bond donors (Lipinski definition) is 0. The van der Waals surface area contributed by atoms with Crippen molar-refractivity contribution in [3.8, 4) is 17.5 Å². The van der Waals surface area contributed by atoms with E-state index in [1.165, 1.54) is 23.7 Å². The van der Waals surface area contributed by atoms with Crippen LogP contribution in [0.1, 0.15) is 5.56 Å². The summed E-state index contributed by atoms with van der Waals surface area (Å²) in [6.45, 7) is -0.434. The van der Waals surface area contributed by atoms with Crippen LogP contribution in [-0.2, 0) is 24.9 Å². The number of halogens is 4. The summed E-state index contributed by atoms with van der Waals surface area (Å²) in [6, 6.07) is 11.2. The number of rotatable bonds is 7. The van der Waals surface area contributed by atoms with E-state index in [1.54, 1.807) is 24.3 Å². The van der Waals surface area contributed by atoms with Crippen molar-refractivity contribution in [2.24, 2.45) is 7.05 Å². The minimum absolute atomic E-state index is 0.0335. The van der Waals surface area contributed by atoms with Crippen LogP contribution in [0.3, 0.4) is 0 Å². The second-order valence-corrected chi connectivity index (χ2v) is 7.76. The molecular formula is C22H16ClF3N4O5. The van der Waals surface area contributed by atoms with Crippen molar-refractivity contribution < 1.29 is 27.4 Å². The number of imidazole rings is 1. The highest BCUT2D eigenvalue weighted by atomic mass is 35.5. The van der Waals surface area contributed by atoms with Gasteiger partial charge in [-0.25, -0.2) is 4.79 Å². The second-order valence-electron chi connectivity index (χ2n) is 7.33. The van der Waals surface area contributed by atoms with Crippen molar-refractivity contribution in [1.82, 2.24) is 18.7 Å². The van der Waals surface area contributed by atoms with Gasteiger partial charge in [0.1, 0.15) is 17.8 Å². The normalized spacial score (nSPS) is 11.6. The Morgan fingerprint density at radius 1 is 1.06 bits per heavy atom. The van der Waals surface area contributed by atoms with Crippen molar-refractivity contribution in [2.45, 2.75) is 19.5 Å². The summed E-state index contributed by atoms with van der Waals surface area (Å²) in [6.07, 6.45) is -4.49. The third-order valence-electron chi connectivity index (χ3n) is 4.96. The van der Waals surface area contributed by atoms with Crippen LogP contribution in [0.15, 0.2) is 58.1 Å². The Morgan fingerprint density at radius 3 is 2.40 bits per heavy atom. The molecule has 0 aliphatic heterocycles. The Hall–Kier alpha value is -4.06. The van der Waals surface area contributed by atoms with E-state index in [-0.39, 0.29) is 29.5 Å². The lowest BCUT2D eigenvalue weighted by Crippen LogP contribution is -2.40. The van der Waals surface area contributed by atoms with Crippen LogP contribution in [0.4, 0.5) is 13.2 Å². The van der Waals surface area contributed by atoms with Gasteiger partial charge in [0.2, 0.25) is 0 Å². The van der Waals surface area contributed by atoms with Gasteiger partial charge in [0, 0.05) is 18.1 Å². The lowest BCUT2D eigenvalue weighted by atomic mass is 10.2. The fourth-order valence-electron chi connectivity index (χ4n) is 3.42. The maximum absolute atomic E-state index is 13.1. The number of aldehydes is 1. The minimum atomic E-state index is -4.90. The number of aromatic nitrogens is 4. The molecule has 0 spiro atoms. The van der Waals surface area contributed by atoms with E-state index < -0.39 is 29.9 Å². The minimum Gasteiger partial charge on any atom is -0.425 e. The molecule has 4 rings (SSSR count). The molecule has 0 unspecified atom stereocenters. The van der Waals surface area contributed by atoms with E-state index in [2.05, 4.69) is 9.72 Å². The van der Waals surface area contributed by atoms with Gasteiger partial charge in [0.15, 0.2) is 11.2 Å². The Morgan fingerprint density at radius 2 is 1.74 bits per heavy atom. The quantitative estimate of drug-likeness (QED) is 0.355. The lowest BCUT2D eigenvalue weighted by Gasteiger charge is -2.12. The summed E-state index contributed by atoms with van der Waals surface area (Å²) in [7, 11) is 1.37. The van der Waals surface area contributed by atoms with Crippen molar-refractivity contribution >= 4 is 29.1 Å². The van der Waals surface area contributed by atoms with Gasteiger partial charge in [-0.1, -0.05) is 29.8 Å². The average molecular weight is 509 g/mol. The molecule has 2 heterocycles. The van der Waals surface area contributed by atoms with Crippen LogP contribution in [0.2, 0.25) is 5.02 Å². The number of ether oxygens (including phenoxy) is 2. The Balaban J connectivity index is 1.88. The van der Waals surface area contributed by atoms with E-state index >= 15 is 0 Å². The van der Waals surface area contributed by atoms with Crippen LogP contribution in [-0.4, -0.2) is 31.3 Å². The molecular weight excluding hydrogens is 493 g/mol. The molecule has 2 aromatic carbocycles. The highest BCUT2D eigenvalue weighted by Crippen LogP contribution is 2.30. The van der Waals surface area contributed by atoms with Crippen LogP contribution < -0.4 is 20.7 Å². The summed E-state index contributed by atoms with van der Waals surface area (Å²) in [5.41, 5.74) is -0.933. The summed E-state index contributed by atoms with van der Waals surface area (Å²) >= 11 is 5.95. The SMILES string of the molecule is Cn1c(=O)n(CC=O)c(=O)c2c1nc(Oc1cccc(OC(F)(F)F)c1)n2Cc1ccc(Cl)cc1. The Kier molecular flexibility index (Phi) is 6.39. The summed E-state index contributed by atoms with van der Waals surface area (Å²) < 4.78 is 50.7. The summed E-state index contributed by atoms with van der Waals surface area (Å²) in [5.74, 6) is -0.575. The molecule has 0 aliphatic carbocycles. The number of benzene rings is 2. The van der Waals surface area contributed by atoms with Gasteiger partial charge >= 0.3 is 18.1 Å². The Bertz CT molecular complexity index is 1520. The second kappa shape index (κ2) is 9.29. The highest BCUT2D eigenvalue weighted by molar-refractivity contribution is 6.30. The maximum atomic E-state index is 13.1. The fraction of sp³-hybridized carbons (Fsp3) is 0.182. The smallest absolute Gasteiger partial charge is 0.425 e. The molecule has 0 amide bonds. The molecule has 0 radical (unpaired) electrons. The van der Waals surface area contributed by atoms with Gasteiger partial charge in [0.25, 0.3) is 5.56 Å². The molecule has 182 valence electrons. The molecule has 13 heteroatoms. The lowest BCUT2D eigenvalue weighted by molar-refractivity contribution is -0.274.